The van der Waals surface area contributed by atoms with Crippen molar-refractivity contribution in [2.75, 3.05) is 13.1 Å². The molecule has 1 rings (SSSR count). The monoisotopic (exact) mass is 276 g/mol. The van der Waals surface area contributed by atoms with Gasteiger partial charge in [0.1, 0.15) is 0 Å². The van der Waals surface area contributed by atoms with E-state index < -0.39 is 0 Å². The summed E-state index contributed by atoms with van der Waals surface area (Å²) < 4.78 is 0. The smallest absolute Gasteiger partial charge is 0.251 e. The molecule has 3 N–H and O–H groups in total. The molecule has 20 heavy (non-hydrogen) atoms. The molecule has 1 unspecified atom stereocenters. The van der Waals surface area contributed by atoms with Crippen LogP contribution in [0.2, 0.25) is 0 Å². The van der Waals surface area contributed by atoms with Crippen molar-refractivity contribution in [3.8, 4) is 0 Å². The number of amides is 1. The van der Waals surface area contributed by atoms with Crippen molar-refractivity contribution in [3.05, 3.63) is 35.4 Å². The van der Waals surface area contributed by atoms with Crippen LogP contribution in [0.15, 0.2) is 24.3 Å². The minimum atomic E-state index is 0.0124. The van der Waals surface area contributed by atoms with Gasteiger partial charge in [-0.3, -0.25) is 4.79 Å². The lowest BCUT2D eigenvalue weighted by molar-refractivity contribution is 0.0945. The fraction of sp³-hybridized carbons (Fsp3) is 0.588. The summed E-state index contributed by atoms with van der Waals surface area (Å²) in [5, 5.41) is 3.02. The van der Waals surface area contributed by atoms with Crippen LogP contribution < -0.4 is 11.1 Å². The average Bonchev–Trinajstić information content (AvgIpc) is 2.45. The zero-order valence-electron chi connectivity index (χ0n) is 13.0. The van der Waals surface area contributed by atoms with Crippen LogP contribution in [-0.2, 0) is 0 Å². The van der Waals surface area contributed by atoms with Gasteiger partial charge in [0.25, 0.3) is 5.91 Å². The molecule has 0 bridgehead atoms. The van der Waals surface area contributed by atoms with E-state index >= 15 is 0 Å². The summed E-state index contributed by atoms with van der Waals surface area (Å²) >= 11 is 0. The summed E-state index contributed by atoms with van der Waals surface area (Å²) in [6, 6.07) is 7.87. The van der Waals surface area contributed by atoms with Crippen LogP contribution in [0.5, 0.6) is 0 Å². The molecule has 1 amide bonds. The third-order valence-corrected chi connectivity index (χ3v) is 3.66. The van der Waals surface area contributed by atoms with Gasteiger partial charge in [-0.1, -0.05) is 39.3 Å². The van der Waals surface area contributed by atoms with Gasteiger partial charge >= 0.3 is 0 Å². The lowest BCUT2D eigenvalue weighted by Crippen LogP contribution is -2.30. The third kappa shape index (κ3) is 5.33. The van der Waals surface area contributed by atoms with Crippen molar-refractivity contribution in [1.82, 2.24) is 5.32 Å². The summed E-state index contributed by atoms with van der Waals surface area (Å²) in [6.07, 6.45) is 3.22. The number of benzene rings is 1. The van der Waals surface area contributed by atoms with Crippen LogP contribution in [0.4, 0.5) is 0 Å². The molecule has 0 aliphatic heterocycles. The highest BCUT2D eigenvalue weighted by molar-refractivity contribution is 5.94. The minimum absolute atomic E-state index is 0.0124. The molecule has 0 heterocycles. The molecule has 0 saturated heterocycles. The van der Waals surface area contributed by atoms with E-state index in [-0.39, 0.29) is 5.91 Å². The Bertz CT molecular complexity index is 392. The standard InChI is InChI=1S/C17H28N2O/c1-4-5-14(10-11-18)12-19-17(20)16-8-6-15(7-9-16)13(2)3/h6-9,13-14H,4-5,10-12,18H2,1-3H3,(H,19,20). The largest absolute Gasteiger partial charge is 0.352 e. The molecule has 0 saturated carbocycles. The first-order valence-electron chi connectivity index (χ1n) is 7.66. The Morgan fingerprint density at radius 3 is 2.35 bits per heavy atom. The molecule has 1 aromatic carbocycles. The van der Waals surface area contributed by atoms with Crippen molar-refractivity contribution in [2.45, 2.75) is 46.0 Å². The number of hydrogen-bond acceptors (Lipinski definition) is 2. The molecular weight excluding hydrogens is 248 g/mol. The summed E-state index contributed by atoms with van der Waals surface area (Å²) in [5.41, 5.74) is 7.60. The molecule has 0 radical (unpaired) electrons. The Kier molecular flexibility index (Phi) is 7.31. The van der Waals surface area contributed by atoms with E-state index in [1.165, 1.54) is 5.56 Å². The topological polar surface area (TPSA) is 55.1 Å². The maximum Gasteiger partial charge on any atom is 0.251 e. The van der Waals surface area contributed by atoms with Crippen molar-refractivity contribution >= 4 is 5.91 Å². The van der Waals surface area contributed by atoms with Crippen LogP contribution in [0.25, 0.3) is 0 Å². The molecular formula is C17H28N2O. The molecule has 0 aromatic heterocycles. The summed E-state index contributed by atoms with van der Waals surface area (Å²) in [5.74, 6) is 0.993. The second-order valence-corrected chi connectivity index (χ2v) is 5.72. The van der Waals surface area contributed by atoms with E-state index in [0.717, 1.165) is 31.4 Å². The number of carbonyl (C=O) groups is 1. The van der Waals surface area contributed by atoms with Crippen LogP contribution in [0, 0.1) is 5.92 Å². The number of nitrogens with two attached hydrogens (primary N) is 1. The Labute approximate surface area is 122 Å². The number of hydrogen-bond donors (Lipinski definition) is 2. The van der Waals surface area contributed by atoms with Gasteiger partial charge in [0.15, 0.2) is 0 Å². The molecule has 3 nitrogen and oxygen atoms in total. The highest BCUT2D eigenvalue weighted by atomic mass is 16.1. The van der Waals surface area contributed by atoms with Crippen molar-refractivity contribution in [1.29, 1.82) is 0 Å². The molecule has 0 spiro atoms. The SMILES string of the molecule is CCCC(CCN)CNC(=O)c1ccc(C(C)C)cc1. The maximum atomic E-state index is 12.1. The van der Waals surface area contributed by atoms with E-state index in [9.17, 15) is 4.79 Å². The predicted octanol–water partition coefficient (Wildman–Crippen LogP) is 3.30. The van der Waals surface area contributed by atoms with Crippen LogP contribution in [-0.4, -0.2) is 19.0 Å². The molecule has 1 aromatic rings. The van der Waals surface area contributed by atoms with Gasteiger partial charge in [-0.2, -0.15) is 0 Å². The van der Waals surface area contributed by atoms with Gasteiger partial charge in [0.2, 0.25) is 0 Å². The second-order valence-electron chi connectivity index (χ2n) is 5.72. The van der Waals surface area contributed by atoms with Gasteiger partial charge in [-0.25, -0.2) is 0 Å². The Hall–Kier alpha value is -1.35. The Balaban J connectivity index is 2.53. The molecule has 1 atom stereocenters. The zero-order valence-corrected chi connectivity index (χ0v) is 13.0. The predicted molar refractivity (Wildman–Crippen MR) is 84.9 cm³/mol. The Morgan fingerprint density at radius 2 is 1.85 bits per heavy atom. The highest BCUT2D eigenvalue weighted by Crippen LogP contribution is 2.15. The fourth-order valence-corrected chi connectivity index (χ4v) is 2.35. The maximum absolute atomic E-state index is 12.1. The lowest BCUT2D eigenvalue weighted by Gasteiger charge is -2.16. The first-order valence-corrected chi connectivity index (χ1v) is 7.66. The first kappa shape index (κ1) is 16.7. The zero-order chi connectivity index (χ0) is 15.0. The molecule has 0 aliphatic rings. The van der Waals surface area contributed by atoms with Gasteiger partial charge in [-0.15, -0.1) is 0 Å². The summed E-state index contributed by atoms with van der Waals surface area (Å²) in [4.78, 5) is 12.1. The van der Waals surface area contributed by atoms with Gasteiger partial charge in [0.05, 0.1) is 0 Å². The van der Waals surface area contributed by atoms with E-state index in [1.54, 1.807) is 0 Å². The van der Waals surface area contributed by atoms with Gasteiger partial charge < -0.3 is 11.1 Å². The Morgan fingerprint density at radius 1 is 1.20 bits per heavy atom. The number of carbonyl (C=O) groups excluding carboxylic acids is 1. The molecule has 112 valence electrons. The van der Waals surface area contributed by atoms with E-state index in [2.05, 4.69) is 26.1 Å². The van der Waals surface area contributed by atoms with E-state index in [4.69, 9.17) is 5.73 Å². The number of nitrogens with one attached hydrogen (secondary N) is 1. The van der Waals surface area contributed by atoms with Crippen molar-refractivity contribution in [3.63, 3.8) is 0 Å². The minimum Gasteiger partial charge on any atom is -0.352 e. The second kappa shape index (κ2) is 8.75. The molecule has 0 fully saturated rings. The third-order valence-electron chi connectivity index (χ3n) is 3.66. The van der Waals surface area contributed by atoms with Crippen LogP contribution >= 0.6 is 0 Å². The van der Waals surface area contributed by atoms with E-state index in [1.807, 2.05) is 24.3 Å². The average molecular weight is 276 g/mol. The van der Waals surface area contributed by atoms with Gasteiger partial charge in [-0.05, 0) is 48.9 Å². The summed E-state index contributed by atoms with van der Waals surface area (Å²) in [6.45, 7) is 7.86. The van der Waals surface area contributed by atoms with Gasteiger partial charge in [0, 0.05) is 12.1 Å². The van der Waals surface area contributed by atoms with E-state index in [0.29, 0.717) is 18.4 Å². The molecule has 0 aliphatic carbocycles. The van der Waals surface area contributed by atoms with Crippen LogP contribution in [0.1, 0.15) is 61.9 Å². The summed E-state index contributed by atoms with van der Waals surface area (Å²) in [7, 11) is 0. The fourth-order valence-electron chi connectivity index (χ4n) is 2.35. The first-order chi connectivity index (χ1) is 9.58. The highest BCUT2D eigenvalue weighted by Gasteiger charge is 2.10. The van der Waals surface area contributed by atoms with Crippen molar-refractivity contribution < 1.29 is 4.79 Å². The lowest BCUT2D eigenvalue weighted by atomic mass is 9.99. The van der Waals surface area contributed by atoms with Crippen LogP contribution in [0.3, 0.4) is 0 Å². The molecule has 3 heteroatoms. The van der Waals surface area contributed by atoms with Crippen molar-refractivity contribution in [2.24, 2.45) is 11.7 Å². The normalized spacial score (nSPS) is 12.4. The quantitative estimate of drug-likeness (QED) is 0.765. The number of rotatable bonds is 8.